The molecule has 1 aliphatic heterocycles. The van der Waals surface area contributed by atoms with Crippen LogP contribution < -0.4 is 5.73 Å². The summed E-state index contributed by atoms with van der Waals surface area (Å²) >= 11 is 0. The summed E-state index contributed by atoms with van der Waals surface area (Å²) in [5, 5.41) is 1.26. The number of halogens is 1. The minimum absolute atomic E-state index is 0. The molecule has 1 aromatic carbocycles. The minimum Gasteiger partial charge on any atom is -0.381 e. The highest BCUT2D eigenvalue weighted by Gasteiger charge is 2.23. The summed E-state index contributed by atoms with van der Waals surface area (Å²) in [5.74, 6) is 0.546. The van der Waals surface area contributed by atoms with Gasteiger partial charge in [-0.2, -0.15) is 0 Å². The lowest BCUT2D eigenvalue weighted by molar-refractivity contribution is 0.0585. The van der Waals surface area contributed by atoms with Gasteiger partial charge in [-0.05, 0) is 36.5 Å². The highest BCUT2D eigenvalue weighted by atomic mass is 35.5. The van der Waals surface area contributed by atoms with E-state index in [-0.39, 0.29) is 18.4 Å². The smallest absolute Gasteiger partial charge is 0.0469 e. The highest BCUT2D eigenvalue weighted by molar-refractivity contribution is 5.85. The van der Waals surface area contributed by atoms with E-state index in [1.807, 2.05) is 6.20 Å². The van der Waals surface area contributed by atoms with Crippen LogP contribution in [0.4, 0.5) is 0 Å². The SMILES string of the molecule is Cl.N[C@@H](c1cccc2[nH]ccc12)C1CCOCC1. The van der Waals surface area contributed by atoms with E-state index in [1.54, 1.807) is 0 Å². The molecule has 2 aromatic rings. The lowest BCUT2D eigenvalue weighted by atomic mass is 9.86. The van der Waals surface area contributed by atoms with Crippen LogP contribution in [-0.2, 0) is 4.74 Å². The van der Waals surface area contributed by atoms with E-state index in [9.17, 15) is 0 Å². The van der Waals surface area contributed by atoms with Crippen molar-refractivity contribution < 1.29 is 4.74 Å². The van der Waals surface area contributed by atoms with Crippen molar-refractivity contribution in [3.63, 3.8) is 0 Å². The Hall–Kier alpha value is -1.03. The second-order valence-electron chi connectivity index (χ2n) is 4.76. The number of nitrogens with two attached hydrogens (primary N) is 1. The zero-order valence-electron chi connectivity index (χ0n) is 10.3. The number of ether oxygens (including phenoxy) is 1. The molecule has 3 N–H and O–H groups in total. The molecule has 0 spiro atoms. The fourth-order valence-corrected chi connectivity index (χ4v) is 2.73. The molecule has 1 saturated heterocycles. The van der Waals surface area contributed by atoms with Crippen molar-refractivity contribution in [2.45, 2.75) is 18.9 Å². The molecular formula is C14H19ClN2O. The van der Waals surface area contributed by atoms with Gasteiger partial charge in [0.15, 0.2) is 0 Å². The maximum Gasteiger partial charge on any atom is 0.0469 e. The summed E-state index contributed by atoms with van der Waals surface area (Å²) in [5.41, 5.74) is 8.86. The molecule has 1 atom stereocenters. The van der Waals surface area contributed by atoms with Gasteiger partial charge in [-0.15, -0.1) is 12.4 Å². The van der Waals surface area contributed by atoms with Crippen LogP contribution in [0.3, 0.4) is 0 Å². The van der Waals surface area contributed by atoms with Gasteiger partial charge in [0, 0.05) is 36.4 Å². The molecule has 3 rings (SSSR count). The van der Waals surface area contributed by atoms with Crippen LogP contribution in [0, 0.1) is 5.92 Å². The average molecular weight is 267 g/mol. The second kappa shape index (κ2) is 5.74. The maximum atomic E-state index is 6.43. The van der Waals surface area contributed by atoms with Gasteiger partial charge in [0.2, 0.25) is 0 Å². The number of aromatic nitrogens is 1. The molecule has 0 unspecified atom stereocenters. The predicted octanol–water partition coefficient (Wildman–Crippen LogP) is 3.02. The van der Waals surface area contributed by atoms with Crippen LogP contribution >= 0.6 is 12.4 Å². The molecule has 1 fully saturated rings. The number of rotatable bonds is 2. The average Bonchev–Trinajstić information content (AvgIpc) is 2.87. The largest absolute Gasteiger partial charge is 0.381 e. The molecule has 0 amide bonds. The number of aromatic amines is 1. The summed E-state index contributed by atoms with van der Waals surface area (Å²) in [6, 6.07) is 8.56. The summed E-state index contributed by atoms with van der Waals surface area (Å²) in [6.07, 6.45) is 4.12. The Kier molecular flexibility index (Phi) is 4.27. The minimum atomic E-state index is 0. The summed E-state index contributed by atoms with van der Waals surface area (Å²) < 4.78 is 5.40. The van der Waals surface area contributed by atoms with Gasteiger partial charge in [-0.1, -0.05) is 12.1 Å². The van der Waals surface area contributed by atoms with Crippen molar-refractivity contribution in [1.82, 2.24) is 4.98 Å². The Bertz CT molecular complexity index is 505. The fourth-order valence-electron chi connectivity index (χ4n) is 2.73. The first kappa shape index (κ1) is 13.4. The lowest BCUT2D eigenvalue weighted by Crippen LogP contribution is -2.27. The number of hydrogen-bond acceptors (Lipinski definition) is 2. The van der Waals surface area contributed by atoms with Gasteiger partial charge in [0.25, 0.3) is 0 Å². The monoisotopic (exact) mass is 266 g/mol. The molecule has 0 saturated carbocycles. The van der Waals surface area contributed by atoms with E-state index in [0.717, 1.165) is 26.1 Å². The predicted molar refractivity (Wildman–Crippen MR) is 76.0 cm³/mol. The van der Waals surface area contributed by atoms with Crippen LogP contribution in [0.2, 0.25) is 0 Å². The summed E-state index contributed by atoms with van der Waals surface area (Å²) in [4.78, 5) is 3.24. The molecule has 1 aromatic heterocycles. The lowest BCUT2D eigenvalue weighted by Gasteiger charge is -2.28. The van der Waals surface area contributed by atoms with E-state index in [2.05, 4.69) is 29.2 Å². The van der Waals surface area contributed by atoms with Gasteiger partial charge >= 0.3 is 0 Å². The molecule has 18 heavy (non-hydrogen) atoms. The number of H-pyrrole nitrogens is 1. The number of hydrogen-bond donors (Lipinski definition) is 2. The van der Waals surface area contributed by atoms with Gasteiger partial charge in [-0.3, -0.25) is 0 Å². The Morgan fingerprint density at radius 2 is 2.00 bits per heavy atom. The molecule has 2 heterocycles. The third kappa shape index (κ3) is 2.39. The first-order chi connectivity index (χ1) is 8.36. The molecule has 0 bridgehead atoms. The Labute approximate surface area is 113 Å². The Morgan fingerprint density at radius 3 is 2.78 bits per heavy atom. The highest BCUT2D eigenvalue weighted by Crippen LogP contribution is 2.31. The van der Waals surface area contributed by atoms with E-state index >= 15 is 0 Å². The number of benzene rings is 1. The Balaban J connectivity index is 0.00000120. The third-order valence-corrected chi connectivity index (χ3v) is 3.76. The molecule has 98 valence electrons. The topological polar surface area (TPSA) is 51.0 Å². The van der Waals surface area contributed by atoms with Crippen LogP contribution in [0.15, 0.2) is 30.5 Å². The molecule has 0 aliphatic carbocycles. The van der Waals surface area contributed by atoms with Crippen molar-refractivity contribution in [3.05, 3.63) is 36.0 Å². The van der Waals surface area contributed by atoms with E-state index in [4.69, 9.17) is 10.5 Å². The Morgan fingerprint density at radius 1 is 1.22 bits per heavy atom. The summed E-state index contributed by atoms with van der Waals surface area (Å²) in [6.45, 7) is 1.70. The van der Waals surface area contributed by atoms with E-state index in [1.165, 1.54) is 16.5 Å². The van der Waals surface area contributed by atoms with Crippen LogP contribution in [0.1, 0.15) is 24.4 Å². The zero-order chi connectivity index (χ0) is 11.7. The molecule has 0 radical (unpaired) electrons. The number of fused-ring (bicyclic) bond motifs is 1. The molecule has 1 aliphatic rings. The van der Waals surface area contributed by atoms with E-state index in [0.29, 0.717) is 5.92 Å². The first-order valence-electron chi connectivity index (χ1n) is 6.25. The van der Waals surface area contributed by atoms with Gasteiger partial charge in [0.05, 0.1) is 0 Å². The summed E-state index contributed by atoms with van der Waals surface area (Å²) in [7, 11) is 0. The normalized spacial score (nSPS) is 18.5. The zero-order valence-corrected chi connectivity index (χ0v) is 11.1. The van der Waals surface area contributed by atoms with Gasteiger partial charge in [-0.25, -0.2) is 0 Å². The molecule has 3 nitrogen and oxygen atoms in total. The quantitative estimate of drug-likeness (QED) is 0.878. The van der Waals surface area contributed by atoms with Crippen molar-refractivity contribution in [2.75, 3.05) is 13.2 Å². The fraction of sp³-hybridized carbons (Fsp3) is 0.429. The second-order valence-corrected chi connectivity index (χ2v) is 4.76. The third-order valence-electron chi connectivity index (χ3n) is 3.76. The number of nitrogens with one attached hydrogen (secondary N) is 1. The molecule has 4 heteroatoms. The maximum absolute atomic E-state index is 6.43. The van der Waals surface area contributed by atoms with Crippen molar-refractivity contribution in [1.29, 1.82) is 0 Å². The van der Waals surface area contributed by atoms with Crippen LogP contribution in [-0.4, -0.2) is 18.2 Å². The first-order valence-corrected chi connectivity index (χ1v) is 6.25. The standard InChI is InChI=1S/C14H18N2O.ClH/c15-14(10-5-8-17-9-6-10)12-2-1-3-13-11(12)4-7-16-13;/h1-4,7,10,14,16H,5-6,8-9,15H2;1H/t14-;/m1./s1. The van der Waals surface area contributed by atoms with Gasteiger partial charge < -0.3 is 15.5 Å². The van der Waals surface area contributed by atoms with Gasteiger partial charge in [0.1, 0.15) is 0 Å². The van der Waals surface area contributed by atoms with Crippen molar-refractivity contribution in [3.8, 4) is 0 Å². The van der Waals surface area contributed by atoms with Crippen molar-refractivity contribution >= 4 is 23.3 Å². The van der Waals surface area contributed by atoms with E-state index < -0.39 is 0 Å². The van der Waals surface area contributed by atoms with Crippen LogP contribution in [0.25, 0.3) is 10.9 Å². The van der Waals surface area contributed by atoms with Crippen molar-refractivity contribution in [2.24, 2.45) is 11.7 Å². The van der Waals surface area contributed by atoms with Crippen LogP contribution in [0.5, 0.6) is 0 Å². The molecular weight excluding hydrogens is 248 g/mol.